The Labute approximate surface area is 124 Å². The highest BCUT2D eigenvalue weighted by Crippen LogP contribution is 2.19. The summed E-state index contributed by atoms with van der Waals surface area (Å²) in [6.07, 6.45) is 0.705. The molecule has 0 aliphatic rings. The molecule has 0 spiro atoms. The van der Waals surface area contributed by atoms with Crippen LogP contribution < -0.4 is 5.73 Å². The van der Waals surface area contributed by atoms with Crippen LogP contribution in [0.5, 0.6) is 0 Å². The second-order valence-electron chi connectivity index (χ2n) is 5.19. The molecule has 2 N–H and O–H groups in total. The maximum absolute atomic E-state index is 13.7. The summed E-state index contributed by atoms with van der Waals surface area (Å²) < 4.78 is 13.7. The first kappa shape index (κ1) is 16.9. The lowest BCUT2D eigenvalue weighted by Crippen LogP contribution is -2.40. The average molecular weight is 295 g/mol. The number of nitrogens with two attached hydrogens (primary N) is 1. The van der Waals surface area contributed by atoms with Gasteiger partial charge in [0.2, 0.25) is 5.91 Å². The third-order valence-corrected chi connectivity index (χ3v) is 3.24. The number of benzene rings is 1. The summed E-state index contributed by atoms with van der Waals surface area (Å²) in [7, 11) is 3.25. The quantitative estimate of drug-likeness (QED) is 0.840. The number of amides is 2. The van der Waals surface area contributed by atoms with E-state index < -0.39 is 11.7 Å². The summed E-state index contributed by atoms with van der Waals surface area (Å²) >= 11 is 0. The van der Waals surface area contributed by atoms with Gasteiger partial charge in [-0.2, -0.15) is 0 Å². The predicted molar refractivity (Wildman–Crippen MR) is 80.4 cm³/mol. The van der Waals surface area contributed by atoms with Crippen LogP contribution in [0.3, 0.4) is 0 Å². The van der Waals surface area contributed by atoms with E-state index in [1.54, 1.807) is 21.0 Å². The van der Waals surface area contributed by atoms with Crippen LogP contribution in [0, 0.1) is 12.7 Å². The number of anilines is 1. The molecule has 0 aromatic heterocycles. The molecule has 0 saturated heterocycles. The molecule has 116 valence electrons. The number of likely N-dealkylation sites (N-methyl/N-ethyl adjacent to an activating group) is 1. The summed E-state index contributed by atoms with van der Waals surface area (Å²) in [6.45, 7) is 3.85. The molecular formula is C15H22FN3O2. The van der Waals surface area contributed by atoms with Crippen molar-refractivity contribution < 1.29 is 14.0 Å². The topological polar surface area (TPSA) is 66.6 Å². The van der Waals surface area contributed by atoms with Crippen LogP contribution in [0.1, 0.15) is 29.3 Å². The van der Waals surface area contributed by atoms with Gasteiger partial charge < -0.3 is 15.5 Å². The lowest BCUT2D eigenvalue weighted by atomic mass is 10.1. The SMILES string of the molecule is CCCN(CC(=O)N(C)C)C(=O)c1cc(N)c(C)c(F)c1. The normalized spacial score (nSPS) is 10.3. The van der Waals surface area contributed by atoms with Crippen molar-refractivity contribution >= 4 is 17.5 Å². The number of carbonyl (C=O) groups excluding carboxylic acids is 2. The molecule has 0 bridgehead atoms. The first-order valence-electron chi connectivity index (χ1n) is 6.83. The second-order valence-corrected chi connectivity index (χ2v) is 5.19. The number of hydrogen-bond donors (Lipinski definition) is 1. The third kappa shape index (κ3) is 4.18. The molecule has 0 fully saturated rings. The molecule has 1 aromatic rings. The van der Waals surface area contributed by atoms with Crippen LogP contribution in [0.15, 0.2) is 12.1 Å². The first-order chi connectivity index (χ1) is 9.77. The van der Waals surface area contributed by atoms with E-state index in [-0.39, 0.29) is 23.7 Å². The predicted octanol–water partition coefficient (Wildman–Crippen LogP) is 1.66. The number of nitrogens with zero attached hydrogens (tertiary/aromatic N) is 2. The van der Waals surface area contributed by atoms with Crippen molar-refractivity contribution in [3.8, 4) is 0 Å². The molecule has 0 radical (unpaired) electrons. The number of rotatable bonds is 5. The zero-order valence-electron chi connectivity index (χ0n) is 12.9. The molecule has 21 heavy (non-hydrogen) atoms. The van der Waals surface area contributed by atoms with Crippen LogP contribution in [-0.4, -0.2) is 48.8 Å². The zero-order valence-corrected chi connectivity index (χ0v) is 12.9. The molecule has 1 aromatic carbocycles. The van der Waals surface area contributed by atoms with Gasteiger partial charge in [-0.25, -0.2) is 4.39 Å². The Morgan fingerprint density at radius 2 is 1.90 bits per heavy atom. The molecule has 0 aliphatic carbocycles. The van der Waals surface area contributed by atoms with Crippen LogP contribution in [0.25, 0.3) is 0 Å². The minimum absolute atomic E-state index is 0.0327. The number of nitrogen functional groups attached to an aromatic ring is 1. The maximum atomic E-state index is 13.7. The largest absolute Gasteiger partial charge is 0.398 e. The lowest BCUT2D eigenvalue weighted by molar-refractivity contribution is -0.129. The zero-order chi connectivity index (χ0) is 16.2. The third-order valence-electron chi connectivity index (χ3n) is 3.24. The van der Waals surface area contributed by atoms with Crippen molar-refractivity contribution in [1.29, 1.82) is 0 Å². The average Bonchev–Trinajstić information content (AvgIpc) is 2.42. The van der Waals surface area contributed by atoms with E-state index in [0.717, 1.165) is 6.07 Å². The van der Waals surface area contributed by atoms with Crippen LogP contribution in [0.2, 0.25) is 0 Å². The maximum Gasteiger partial charge on any atom is 0.254 e. The van der Waals surface area contributed by atoms with E-state index in [1.165, 1.54) is 15.9 Å². The van der Waals surface area contributed by atoms with E-state index in [1.807, 2.05) is 6.92 Å². The van der Waals surface area contributed by atoms with Gasteiger partial charge in [0, 0.05) is 37.5 Å². The Bertz CT molecular complexity index is 521. The van der Waals surface area contributed by atoms with Crippen molar-refractivity contribution in [1.82, 2.24) is 9.80 Å². The molecule has 0 heterocycles. The molecule has 0 atom stereocenters. The van der Waals surface area contributed by atoms with E-state index in [4.69, 9.17) is 5.73 Å². The summed E-state index contributed by atoms with van der Waals surface area (Å²) in [6, 6.07) is 2.61. The molecule has 5 nitrogen and oxygen atoms in total. The Morgan fingerprint density at radius 1 is 1.29 bits per heavy atom. The smallest absolute Gasteiger partial charge is 0.254 e. The van der Waals surface area contributed by atoms with Crippen LogP contribution >= 0.6 is 0 Å². The Morgan fingerprint density at radius 3 is 2.38 bits per heavy atom. The molecular weight excluding hydrogens is 273 g/mol. The van der Waals surface area contributed by atoms with Gasteiger partial charge in [0.1, 0.15) is 12.4 Å². The van der Waals surface area contributed by atoms with E-state index >= 15 is 0 Å². The Balaban J connectivity index is 3.03. The van der Waals surface area contributed by atoms with Gasteiger partial charge in [-0.05, 0) is 25.5 Å². The van der Waals surface area contributed by atoms with Crippen molar-refractivity contribution in [2.45, 2.75) is 20.3 Å². The monoisotopic (exact) mass is 295 g/mol. The Kier molecular flexibility index (Phi) is 5.69. The van der Waals surface area contributed by atoms with Gasteiger partial charge in [-0.3, -0.25) is 9.59 Å². The molecule has 6 heteroatoms. The number of halogens is 1. The van der Waals surface area contributed by atoms with Gasteiger partial charge in [0.05, 0.1) is 0 Å². The summed E-state index contributed by atoms with van der Waals surface area (Å²) in [5, 5.41) is 0. The molecule has 1 rings (SSSR count). The minimum atomic E-state index is -0.520. The number of carbonyl (C=O) groups is 2. The van der Waals surface area contributed by atoms with Crippen molar-refractivity contribution in [2.75, 3.05) is 32.9 Å². The van der Waals surface area contributed by atoms with Crippen molar-refractivity contribution in [3.63, 3.8) is 0 Å². The van der Waals surface area contributed by atoms with Gasteiger partial charge in [0.25, 0.3) is 5.91 Å². The highest BCUT2D eigenvalue weighted by atomic mass is 19.1. The standard InChI is InChI=1S/C15H22FN3O2/c1-5-6-19(9-14(20)18(3)4)15(21)11-7-12(16)10(2)13(17)8-11/h7-8H,5-6,9,17H2,1-4H3. The molecule has 0 unspecified atom stereocenters. The van der Waals surface area contributed by atoms with Crippen LogP contribution in [0.4, 0.5) is 10.1 Å². The van der Waals surface area contributed by atoms with Gasteiger partial charge in [-0.15, -0.1) is 0 Å². The lowest BCUT2D eigenvalue weighted by Gasteiger charge is -2.23. The van der Waals surface area contributed by atoms with Crippen molar-refractivity contribution in [2.24, 2.45) is 0 Å². The second kappa shape index (κ2) is 7.06. The highest BCUT2D eigenvalue weighted by Gasteiger charge is 2.20. The summed E-state index contributed by atoms with van der Waals surface area (Å²) in [5.41, 5.74) is 6.41. The summed E-state index contributed by atoms with van der Waals surface area (Å²) in [4.78, 5) is 27.1. The summed E-state index contributed by atoms with van der Waals surface area (Å²) in [5.74, 6) is -1.09. The fourth-order valence-corrected chi connectivity index (χ4v) is 1.83. The fraction of sp³-hybridized carbons (Fsp3) is 0.467. The Hall–Kier alpha value is -2.11. The van der Waals surface area contributed by atoms with Crippen LogP contribution in [-0.2, 0) is 4.79 Å². The molecule has 0 aliphatic heterocycles. The molecule has 2 amide bonds. The first-order valence-corrected chi connectivity index (χ1v) is 6.83. The minimum Gasteiger partial charge on any atom is -0.398 e. The highest BCUT2D eigenvalue weighted by molar-refractivity contribution is 5.97. The fourth-order valence-electron chi connectivity index (χ4n) is 1.83. The van der Waals surface area contributed by atoms with E-state index in [9.17, 15) is 14.0 Å². The van der Waals surface area contributed by atoms with Gasteiger partial charge in [-0.1, -0.05) is 6.92 Å². The van der Waals surface area contributed by atoms with Crippen molar-refractivity contribution in [3.05, 3.63) is 29.1 Å². The van der Waals surface area contributed by atoms with E-state index in [0.29, 0.717) is 18.5 Å². The van der Waals surface area contributed by atoms with Gasteiger partial charge >= 0.3 is 0 Å². The molecule has 0 saturated carbocycles. The van der Waals surface area contributed by atoms with E-state index in [2.05, 4.69) is 0 Å². The number of hydrogen-bond acceptors (Lipinski definition) is 3. The van der Waals surface area contributed by atoms with Gasteiger partial charge in [0.15, 0.2) is 0 Å².